The second-order valence-corrected chi connectivity index (χ2v) is 4.66. The Morgan fingerprint density at radius 3 is 1.30 bits per heavy atom. The molecule has 1 heterocycles. The summed E-state index contributed by atoms with van der Waals surface area (Å²) in [5, 5.41) is 10.3. The Bertz CT molecular complexity index is 664. The van der Waals surface area contributed by atoms with Crippen molar-refractivity contribution in [3.8, 4) is 22.5 Å². The number of nitrogens with two attached hydrogens (primary N) is 2. The van der Waals surface area contributed by atoms with Crippen molar-refractivity contribution in [1.29, 1.82) is 0 Å². The van der Waals surface area contributed by atoms with Crippen LogP contribution in [0.4, 0.5) is 11.4 Å². The Labute approximate surface area is 116 Å². The van der Waals surface area contributed by atoms with Crippen LogP contribution < -0.4 is 11.5 Å². The minimum Gasteiger partial charge on any atom is -0.428 e. The molecule has 1 aromatic heterocycles. The molecule has 4 heteroatoms. The molecule has 0 atom stereocenters. The van der Waals surface area contributed by atoms with E-state index in [1.54, 1.807) is 0 Å². The molecule has 0 amide bonds. The lowest BCUT2D eigenvalue weighted by Crippen LogP contribution is -1.96. The van der Waals surface area contributed by atoms with E-state index in [0.29, 0.717) is 11.4 Å². The van der Waals surface area contributed by atoms with Crippen LogP contribution in [0.25, 0.3) is 22.5 Å². The van der Waals surface area contributed by atoms with E-state index in [9.17, 15) is 5.21 Å². The van der Waals surface area contributed by atoms with E-state index in [-0.39, 0.29) is 0 Å². The minimum absolute atomic E-state index is 0.698. The van der Waals surface area contributed by atoms with Crippen molar-refractivity contribution in [3.63, 3.8) is 0 Å². The summed E-state index contributed by atoms with van der Waals surface area (Å²) in [4.78, 5) is 0. The number of nitrogens with zero attached hydrogens (tertiary/aromatic N) is 1. The second kappa shape index (κ2) is 4.66. The smallest absolute Gasteiger partial charge is 0.0873 e. The van der Waals surface area contributed by atoms with E-state index in [4.69, 9.17) is 11.5 Å². The van der Waals surface area contributed by atoms with E-state index in [2.05, 4.69) is 0 Å². The predicted octanol–water partition coefficient (Wildman–Crippen LogP) is 3.22. The molecule has 2 aromatic carbocycles. The van der Waals surface area contributed by atoms with Crippen LogP contribution in [0.1, 0.15) is 0 Å². The topological polar surface area (TPSA) is 77.2 Å². The molecule has 5 N–H and O–H groups in total. The third-order valence-corrected chi connectivity index (χ3v) is 3.27. The zero-order valence-corrected chi connectivity index (χ0v) is 10.8. The molecule has 20 heavy (non-hydrogen) atoms. The predicted molar refractivity (Wildman–Crippen MR) is 81.3 cm³/mol. The monoisotopic (exact) mass is 265 g/mol. The van der Waals surface area contributed by atoms with Crippen molar-refractivity contribution >= 4 is 11.4 Å². The summed E-state index contributed by atoms with van der Waals surface area (Å²) >= 11 is 0. The fourth-order valence-electron chi connectivity index (χ4n) is 2.17. The summed E-state index contributed by atoms with van der Waals surface area (Å²) in [5.74, 6) is 0. The van der Waals surface area contributed by atoms with Gasteiger partial charge in [0.25, 0.3) is 0 Å². The van der Waals surface area contributed by atoms with Crippen molar-refractivity contribution in [1.82, 2.24) is 4.73 Å². The summed E-state index contributed by atoms with van der Waals surface area (Å²) in [6.45, 7) is 0. The minimum atomic E-state index is 0.698. The molecule has 0 unspecified atom stereocenters. The molecule has 3 rings (SSSR count). The Hall–Kier alpha value is -2.88. The van der Waals surface area contributed by atoms with E-state index >= 15 is 0 Å². The van der Waals surface area contributed by atoms with Crippen LogP contribution in [0.3, 0.4) is 0 Å². The summed E-state index contributed by atoms with van der Waals surface area (Å²) in [6.07, 6.45) is 0. The van der Waals surface area contributed by atoms with Crippen LogP contribution in [-0.4, -0.2) is 9.94 Å². The molecule has 0 bridgehead atoms. The maximum atomic E-state index is 10.3. The molecule has 0 spiro atoms. The van der Waals surface area contributed by atoms with Gasteiger partial charge in [-0.2, -0.15) is 4.73 Å². The first kappa shape index (κ1) is 12.2. The molecule has 0 fully saturated rings. The van der Waals surface area contributed by atoms with Crippen molar-refractivity contribution in [2.24, 2.45) is 0 Å². The van der Waals surface area contributed by atoms with Crippen LogP contribution in [-0.2, 0) is 0 Å². The third-order valence-electron chi connectivity index (χ3n) is 3.27. The molecular formula is C16H15N3O. The lowest BCUT2D eigenvalue weighted by Gasteiger charge is -2.07. The Balaban J connectivity index is 2.04. The molecule has 0 aliphatic rings. The van der Waals surface area contributed by atoms with Gasteiger partial charge in [0, 0.05) is 22.5 Å². The molecule has 0 saturated carbocycles. The summed E-state index contributed by atoms with van der Waals surface area (Å²) in [5.41, 5.74) is 16.0. The van der Waals surface area contributed by atoms with Gasteiger partial charge in [-0.1, -0.05) is 24.3 Å². The summed E-state index contributed by atoms with van der Waals surface area (Å²) in [6, 6.07) is 18.5. The van der Waals surface area contributed by atoms with Crippen molar-refractivity contribution in [2.45, 2.75) is 0 Å². The first-order valence-electron chi connectivity index (χ1n) is 6.28. The highest BCUT2D eigenvalue weighted by atomic mass is 16.5. The van der Waals surface area contributed by atoms with Gasteiger partial charge in [-0.25, -0.2) is 0 Å². The van der Waals surface area contributed by atoms with E-state index in [0.717, 1.165) is 22.5 Å². The van der Waals surface area contributed by atoms with Crippen LogP contribution >= 0.6 is 0 Å². The number of rotatable bonds is 2. The van der Waals surface area contributed by atoms with E-state index in [1.165, 1.54) is 4.73 Å². The summed E-state index contributed by atoms with van der Waals surface area (Å²) in [7, 11) is 0. The molecule has 0 saturated heterocycles. The molecule has 100 valence electrons. The highest BCUT2D eigenvalue weighted by Gasteiger charge is 2.10. The quantitative estimate of drug-likeness (QED) is 0.492. The van der Waals surface area contributed by atoms with Gasteiger partial charge in [0.15, 0.2) is 0 Å². The van der Waals surface area contributed by atoms with Gasteiger partial charge in [0.1, 0.15) is 0 Å². The lowest BCUT2D eigenvalue weighted by atomic mass is 10.1. The zero-order chi connectivity index (χ0) is 14.1. The SMILES string of the molecule is Nc1ccc(-c2ccc(-c3ccc(N)cc3)n2O)cc1. The number of nitrogen functional groups attached to an aromatic ring is 2. The number of anilines is 2. The Morgan fingerprint density at radius 2 is 0.950 bits per heavy atom. The van der Waals surface area contributed by atoms with Crippen molar-refractivity contribution in [3.05, 3.63) is 60.7 Å². The van der Waals surface area contributed by atoms with Gasteiger partial charge in [0.2, 0.25) is 0 Å². The average Bonchev–Trinajstić information content (AvgIpc) is 2.83. The average molecular weight is 265 g/mol. The molecule has 3 aromatic rings. The highest BCUT2D eigenvalue weighted by molar-refractivity contribution is 5.70. The van der Waals surface area contributed by atoms with Crippen LogP contribution in [0.2, 0.25) is 0 Å². The van der Waals surface area contributed by atoms with Crippen molar-refractivity contribution < 1.29 is 5.21 Å². The van der Waals surface area contributed by atoms with Crippen LogP contribution in [0.5, 0.6) is 0 Å². The standard InChI is InChI=1S/C16H15N3O/c17-13-5-1-11(2-6-13)15-9-10-16(19(15)20)12-3-7-14(18)8-4-12/h1-10,20H,17-18H2. The van der Waals surface area contributed by atoms with Gasteiger partial charge in [-0.05, 0) is 36.4 Å². The highest BCUT2D eigenvalue weighted by Crippen LogP contribution is 2.28. The third kappa shape index (κ3) is 2.07. The first-order chi connectivity index (χ1) is 9.65. The van der Waals surface area contributed by atoms with Crippen molar-refractivity contribution in [2.75, 3.05) is 11.5 Å². The Kier molecular flexibility index (Phi) is 2.84. The molecular weight excluding hydrogens is 250 g/mol. The van der Waals surface area contributed by atoms with E-state index in [1.807, 2.05) is 60.7 Å². The second-order valence-electron chi connectivity index (χ2n) is 4.66. The molecule has 4 nitrogen and oxygen atoms in total. The number of hydrogen-bond acceptors (Lipinski definition) is 3. The maximum Gasteiger partial charge on any atom is 0.0873 e. The molecule has 0 aliphatic heterocycles. The number of aromatic nitrogens is 1. The molecule has 0 radical (unpaired) electrons. The van der Waals surface area contributed by atoms with Gasteiger partial charge >= 0.3 is 0 Å². The van der Waals surface area contributed by atoms with E-state index < -0.39 is 0 Å². The first-order valence-corrected chi connectivity index (χ1v) is 6.28. The lowest BCUT2D eigenvalue weighted by molar-refractivity contribution is 0.197. The van der Waals surface area contributed by atoms with Crippen LogP contribution in [0, 0.1) is 0 Å². The normalized spacial score (nSPS) is 10.6. The van der Waals surface area contributed by atoms with Gasteiger partial charge < -0.3 is 16.7 Å². The molecule has 0 aliphatic carbocycles. The fourth-order valence-corrected chi connectivity index (χ4v) is 2.17. The summed E-state index contributed by atoms with van der Waals surface area (Å²) < 4.78 is 1.18. The zero-order valence-electron chi connectivity index (χ0n) is 10.8. The number of benzene rings is 2. The van der Waals surface area contributed by atoms with Gasteiger partial charge in [-0.3, -0.25) is 0 Å². The fraction of sp³-hybridized carbons (Fsp3) is 0. The number of hydrogen-bond donors (Lipinski definition) is 3. The van der Waals surface area contributed by atoms with Gasteiger partial charge in [0.05, 0.1) is 11.4 Å². The van der Waals surface area contributed by atoms with Gasteiger partial charge in [-0.15, -0.1) is 0 Å². The van der Waals surface area contributed by atoms with Crippen LogP contribution in [0.15, 0.2) is 60.7 Å². The maximum absolute atomic E-state index is 10.3. The Morgan fingerprint density at radius 1 is 0.600 bits per heavy atom. The largest absolute Gasteiger partial charge is 0.428 e.